The van der Waals surface area contributed by atoms with Crippen LogP contribution in [-0.4, -0.2) is 57.8 Å². The number of alkyl halides is 3. The molecule has 3 aromatic rings. The lowest BCUT2D eigenvalue weighted by atomic mass is 10.0. The number of thioether (sulfide) groups is 1. The summed E-state index contributed by atoms with van der Waals surface area (Å²) < 4.78 is 44.0. The van der Waals surface area contributed by atoms with Crippen LogP contribution in [0, 0.1) is 5.92 Å². The van der Waals surface area contributed by atoms with Crippen LogP contribution in [0.15, 0.2) is 52.3 Å². The van der Waals surface area contributed by atoms with Crippen molar-refractivity contribution in [2.24, 2.45) is 10.9 Å². The van der Waals surface area contributed by atoms with Gasteiger partial charge in [-0.25, -0.2) is 19.9 Å². The van der Waals surface area contributed by atoms with Crippen LogP contribution >= 0.6 is 23.1 Å². The first kappa shape index (κ1) is 27.9. The highest BCUT2D eigenvalue weighted by atomic mass is 32.2. The monoisotopic (exact) mass is 537 g/mol. The van der Waals surface area contributed by atoms with E-state index in [1.54, 1.807) is 18.7 Å². The van der Waals surface area contributed by atoms with Crippen molar-refractivity contribution < 1.29 is 17.9 Å². The van der Waals surface area contributed by atoms with E-state index in [1.807, 2.05) is 55.6 Å². The van der Waals surface area contributed by atoms with Crippen molar-refractivity contribution in [3.05, 3.63) is 42.2 Å². The van der Waals surface area contributed by atoms with E-state index in [0.29, 0.717) is 17.6 Å². The van der Waals surface area contributed by atoms with Gasteiger partial charge in [-0.3, -0.25) is 0 Å². The van der Waals surface area contributed by atoms with Crippen molar-refractivity contribution in [2.75, 3.05) is 19.8 Å². The lowest BCUT2D eigenvalue weighted by Crippen LogP contribution is -2.29. The van der Waals surface area contributed by atoms with E-state index in [2.05, 4.69) is 21.9 Å². The predicted molar refractivity (Wildman–Crippen MR) is 142 cm³/mol. The summed E-state index contributed by atoms with van der Waals surface area (Å²) >= 11 is 3.00. The van der Waals surface area contributed by atoms with Crippen LogP contribution in [0.4, 0.5) is 13.2 Å². The maximum absolute atomic E-state index is 12.6. The molecule has 0 aliphatic carbocycles. The van der Waals surface area contributed by atoms with E-state index in [1.165, 1.54) is 11.3 Å². The summed E-state index contributed by atoms with van der Waals surface area (Å²) in [6, 6.07) is 7.84. The summed E-state index contributed by atoms with van der Waals surface area (Å²) in [5, 5.41) is 1.52. The topological polar surface area (TPSA) is 63.5 Å². The Hall–Kier alpha value is -2.66. The molecular weight excluding hydrogens is 507 g/mol. The summed E-state index contributed by atoms with van der Waals surface area (Å²) in [4.78, 5) is 20.3. The highest BCUT2D eigenvalue weighted by molar-refractivity contribution is 7.98. The van der Waals surface area contributed by atoms with Crippen molar-refractivity contribution >= 4 is 39.3 Å². The van der Waals surface area contributed by atoms with Gasteiger partial charge in [0.05, 0.1) is 10.7 Å². The number of hydrogen-bond donors (Lipinski definition) is 0. The Labute approximate surface area is 217 Å². The molecule has 3 aromatic heterocycles. The van der Waals surface area contributed by atoms with E-state index in [-0.39, 0.29) is 12.0 Å². The fraction of sp³-hybridized carbons (Fsp3) is 0.440. The maximum Gasteiger partial charge on any atom is 0.413 e. The van der Waals surface area contributed by atoms with Crippen molar-refractivity contribution in [1.29, 1.82) is 0 Å². The lowest BCUT2D eigenvalue weighted by Gasteiger charge is -2.24. The number of allylic oxidation sites excluding steroid dienone is 1. The average molecular weight is 538 g/mol. The number of hydrogen-bond acceptors (Lipinski definition) is 7. The molecule has 3 heterocycles. The molecule has 6 nitrogen and oxygen atoms in total. The molecule has 194 valence electrons. The standard InChI is InChI=1S/C25H30F3N5OS2/c1-15(11-12-33(5)18(4)29-13-16(2)25(26,27)28)17(3)34-24-32-21-9-8-20(31-23(21)36-24)19-7-10-22(35-6)30-14-19/h7-10,13-15,17H,11-12H2,1-6H3/b16-13+,29-18?. The average Bonchev–Trinajstić information content (AvgIpc) is 3.26. The van der Waals surface area contributed by atoms with Crippen molar-refractivity contribution in [1.82, 2.24) is 19.9 Å². The molecule has 0 spiro atoms. The smallest absolute Gasteiger partial charge is 0.413 e. The molecule has 0 radical (unpaired) electrons. The minimum Gasteiger partial charge on any atom is -0.467 e. The zero-order valence-electron chi connectivity index (χ0n) is 21.1. The number of aliphatic imine (C=N–C) groups is 1. The number of fused-ring (bicyclic) bond motifs is 1. The Morgan fingerprint density at radius 2 is 1.94 bits per heavy atom. The lowest BCUT2D eigenvalue weighted by molar-refractivity contribution is -0.0914. The molecule has 2 unspecified atom stereocenters. The van der Waals surface area contributed by atoms with E-state index < -0.39 is 11.7 Å². The molecule has 0 saturated carbocycles. The Kier molecular flexibility index (Phi) is 9.35. The summed E-state index contributed by atoms with van der Waals surface area (Å²) in [6.45, 7) is 7.41. The van der Waals surface area contributed by atoms with Gasteiger partial charge in [0.15, 0.2) is 0 Å². The molecule has 0 fully saturated rings. The summed E-state index contributed by atoms with van der Waals surface area (Å²) in [5.74, 6) is 0.704. The van der Waals surface area contributed by atoms with Crippen LogP contribution in [0.25, 0.3) is 21.6 Å². The molecule has 0 bridgehead atoms. The quantitative estimate of drug-likeness (QED) is 0.165. The first-order valence-electron chi connectivity index (χ1n) is 11.4. The molecule has 0 aliphatic rings. The highest BCUT2D eigenvalue weighted by Gasteiger charge is 2.29. The summed E-state index contributed by atoms with van der Waals surface area (Å²) in [5.41, 5.74) is 1.83. The van der Waals surface area contributed by atoms with Gasteiger partial charge in [-0.1, -0.05) is 18.3 Å². The van der Waals surface area contributed by atoms with Crippen LogP contribution in [0.2, 0.25) is 0 Å². The molecule has 0 saturated heterocycles. The second-order valence-corrected chi connectivity index (χ2v) is 10.4. The van der Waals surface area contributed by atoms with Crippen molar-refractivity contribution in [2.45, 2.75) is 51.4 Å². The van der Waals surface area contributed by atoms with Gasteiger partial charge in [-0.2, -0.15) is 13.2 Å². The van der Waals surface area contributed by atoms with Gasteiger partial charge < -0.3 is 9.64 Å². The fourth-order valence-corrected chi connectivity index (χ4v) is 4.33. The van der Waals surface area contributed by atoms with Gasteiger partial charge in [0.25, 0.3) is 5.19 Å². The molecule has 11 heteroatoms. The van der Waals surface area contributed by atoms with Crippen LogP contribution < -0.4 is 4.74 Å². The molecule has 0 aliphatic heterocycles. The van der Waals surface area contributed by atoms with Crippen LogP contribution in [0.3, 0.4) is 0 Å². The second kappa shape index (κ2) is 12.1. The SMILES string of the molecule is CSc1ccc(-c2ccc3nc(OC(C)C(C)CCN(C)C(C)=N/C=C(\C)C(F)(F)F)sc3n2)cn1. The largest absolute Gasteiger partial charge is 0.467 e. The van der Waals surface area contributed by atoms with Crippen LogP contribution in [-0.2, 0) is 0 Å². The molecular formula is C25H30F3N5OS2. The predicted octanol–water partition coefficient (Wildman–Crippen LogP) is 7.09. The number of aromatic nitrogens is 3. The first-order chi connectivity index (χ1) is 17.0. The van der Waals surface area contributed by atoms with Crippen molar-refractivity contribution in [3.8, 4) is 16.5 Å². The van der Waals surface area contributed by atoms with Crippen LogP contribution in [0.5, 0.6) is 5.19 Å². The van der Waals surface area contributed by atoms with E-state index >= 15 is 0 Å². The summed E-state index contributed by atoms with van der Waals surface area (Å²) in [7, 11) is 1.81. The Balaban J connectivity index is 1.58. The maximum atomic E-state index is 12.6. The Morgan fingerprint density at radius 3 is 2.58 bits per heavy atom. The van der Waals surface area contributed by atoms with Gasteiger partial charge in [-0.15, -0.1) is 11.8 Å². The number of amidine groups is 1. The number of thiazole rings is 1. The third-order valence-electron chi connectivity index (χ3n) is 5.93. The van der Waals surface area contributed by atoms with Gasteiger partial charge in [0.1, 0.15) is 22.3 Å². The minimum atomic E-state index is -4.36. The molecule has 0 N–H and O–H groups in total. The first-order valence-corrected chi connectivity index (χ1v) is 13.5. The third-order valence-corrected chi connectivity index (χ3v) is 7.45. The second-order valence-electron chi connectivity index (χ2n) is 8.59. The van der Waals surface area contributed by atoms with E-state index in [0.717, 1.165) is 46.2 Å². The van der Waals surface area contributed by atoms with Gasteiger partial charge in [-0.05, 0) is 63.6 Å². The molecule has 36 heavy (non-hydrogen) atoms. The number of pyridine rings is 2. The number of ether oxygens (including phenoxy) is 1. The zero-order chi connectivity index (χ0) is 26.5. The van der Waals surface area contributed by atoms with Gasteiger partial charge >= 0.3 is 6.18 Å². The minimum absolute atomic E-state index is 0.105. The van der Waals surface area contributed by atoms with Crippen LogP contribution in [0.1, 0.15) is 34.1 Å². The zero-order valence-corrected chi connectivity index (χ0v) is 22.8. The molecule has 0 aromatic carbocycles. The summed E-state index contributed by atoms with van der Waals surface area (Å²) in [6.07, 6.45) is 0.980. The Morgan fingerprint density at radius 1 is 1.19 bits per heavy atom. The molecule has 2 atom stereocenters. The Bertz CT molecular complexity index is 1220. The number of halogens is 3. The fourth-order valence-electron chi connectivity index (χ4n) is 3.09. The van der Waals surface area contributed by atoms with E-state index in [9.17, 15) is 13.2 Å². The normalized spacial score (nSPS) is 14.7. The van der Waals surface area contributed by atoms with Crippen molar-refractivity contribution in [3.63, 3.8) is 0 Å². The van der Waals surface area contributed by atoms with Gasteiger partial charge in [0.2, 0.25) is 0 Å². The van der Waals surface area contributed by atoms with E-state index in [4.69, 9.17) is 9.72 Å². The van der Waals surface area contributed by atoms with Gasteiger partial charge in [0, 0.05) is 37.1 Å². The molecule has 0 amide bonds. The molecule has 3 rings (SSSR count). The third kappa shape index (κ3) is 7.42. The number of nitrogens with zero attached hydrogens (tertiary/aromatic N) is 5. The highest BCUT2D eigenvalue weighted by Crippen LogP contribution is 2.31. The number of rotatable bonds is 9.